The Bertz CT molecular complexity index is 1970. The topological polar surface area (TPSA) is 103 Å². The predicted molar refractivity (Wildman–Crippen MR) is 165 cm³/mol. The summed E-state index contributed by atoms with van der Waals surface area (Å²) in [7, 11) is 0. The number of nitrogens with one attached hydrogen (secondary N) is 1. The second-order valence-corrected chi connectivity index (χ2v) is 13.6. The molecule has 228 valence electrons. The fourth-order valence-corrected chi connectivity index (χ4v) is 8.84. The Hall–Kier alpha value is -3.66. The van der Waals surface area contributed by atoms with Crippen LogP contribution >= 0.6 is 11.3 Å². The van der Waals surface area contributed by atoms with Crippen LogP contribution in [0.15, 0.2) is 18.2 Å². The summed E-state index contributed by atoms with van der Waals surface area (Å²) in [5.41, 5.74) is 4.75. The summed E-state index contributed by atoms with van der Waals surface area (Å²) < 4.78 is 78.3. The number of nitrogen functional groups attached to an aromatic ring is 1. The molecule has 8 rings (SSSR count). The van der Waals surface area contributed by atoms with Crippen LogP contribution in [0.4, 0.5) is 24.0 Å². The Labute approximate surface area is 260 Å². The number of ether oxygens (including phenoxy) is 1. The third-order valence-electron chi connectivity index (χ3n) is 9.84. The maximum atomic E-state index is 17.2. The highest BCUT2D eigenvalue weighted by Gasteiger charge is 2.49. The number of alkyl halides is 1. The number of anilines is 2. The van der Waals surface area contributed by atoms with Gasteiger partial charge in [-0.15, -0.1) is 11.3 Å². The van der Waals surface area contributed by atoms with E-state index in [4.69, 9.17) is 19.6 Å². The van der Waals surface area contributed by atoms with Gasteiger partial charge in [-0.25, -0.2) is 13.2 Å². The second-order valence-electron chi connectivity index (χ2n) is 12.5. The highest BCUT2D eigenvalue weighted by molar-refractivity contribution is 7.23. The zero-order valence-corrected chi connectivity index (χ0v) is 24.6. The van der Waals surface area contributed by atoms with Gasteiger partial charge >= 0.3 is 6.01 Å². The van der Waals surface area contributed by atoms with Gasteiger partial charge in [0.05, 0.1) is 15.8 Å². The van der Waals surface area contributed by atoms with E-state index in [0.717, 1.165) is 49.6 Å². The SMILES string of the molecule is [2H]C([2H])([2H])c1cc2c(N3CC4CCC(C3)N4)nc(OC[C@@]34CCCN3C[C@H](F)C4)nc2c(F)c1-c1ccc(F)c2sc(N)c(C#N)c12. The minimum Gasteiger partial charge on any atom is -0.461 e. The van der Waals surface area contributed by atoms with Gasteiger partial charge in [0.25, 0.3) is 0 Å². The van der Waals surface area contributed by atoms with E-state index in [1.54, 1.807) is 0 Å². The third kappa shape index (κ3) is 4.24. The number of aryl methyl sites for hydroxylation is 1. The molecular formula is C32H32F3N7OS. The molecule has 4 aliphatic rings. The largest absolute Gasteiger partial charge is 0.461 e. The molecule has 2 bridgehead atoms. The number of nitrogens with two attached hydrogens (primary N) is 1. The van der Waals surface area contributed by atoms with Gasteiger partial charge in [0.2, 0.25) is 0 Å². The Kier molecular flexibility index (Phi) is 5.70. The Morgan fingerprint density at radius 1 is 1.25 bits per heavy atom. The monoisotopic (exact) mass is 622 g/mol. The average molecular weight is 623 g/mol. The molecule has 4 atom stereocenters. The van der Waals surface area contributed by atoms with Gasteiger partial charge in [-0.2, -0.15) is 15.2 Å². The van der Waals surface area contributed by atoms with Gasteiger partial charge in [-0.1, -0.05) is 6.07 Å². The van der Waals surface area contributed by atoms with Crippen LogP contribution in [0.5, 0.6) is 6.01 Å². The molecule has 2 aromatic heterocycles. The van der Waals surface area contributed by atoms with E-state index >= 15 is 4.39 Å². The van der Waals surface area contributed by atoms with E-state index in [2.05, 4.69) is 15.2 Å². The number of piperazine rings is 1. The molecule has 12 heteroatoms. The molecule has 4 fully saturated rings. The van der Waals surface area contributed by atoms with Gasteiger partial charge in [0.1, 0.15) is 41.0 Å². The van der Waals surface area contributed by atoms with Gasteiger partial charge in [0.15, 0.2) is 5.82 Å². The molecule has 4 aliphatic heterocycles. The molecule has 4 saturated heterocycles. The molecule has 0 aliphatic carbocycles. The molecular weight excluding hydrogens is 587 g/mol. The van der Waals surface area contributed by atoms with Crippen LogP contribution in [0, 0.1) is 29.8 Å². The first-order valence-electron chi connectivity index (χ1n) is 16.4. The van der Waals surface area contributed by atoms with E-state index in [0.29, 0.717) is 31.9 Å². The summed E-state index contributed by atoms with van der Waals surface area (Å²) in [6.07, 6.45) is 3.01. The minimum atomic E-state index is -2.80. The fraction of sp³-hybridized carbons (Fsp3) is 0.469. The zero-order chi connectivity index (χ0) is 32.8. The molecule has 2 unspecified atom stereocenters. The second kappa shape index (κ2) is 10.2. The summed E-state index contributed by atoms with van der Waals surface area (Å²) in [5.74, 6) is -1.25. The fourth-order valence-electron chi connectivity index (χ4n) is 7.89. The summed E-state index contributed by atoms with van der Waals surface area (Å²) in [6, 6.07) is 6.06. The average Bonchev–Trinajstić information content (AvgIpc) is 3.76. The molecule has 0 radical (unpaired) electrons. The van der Waals surface area contributed by atoms with Crippen LogP contribution in [-0.2, 0) is 0 Å². The van der Waals surface area contributed by atoms with Gasteiger partial charge in [-0.3, -0.25) is 4.90 Å². The first-order valence-corrected chi connectivity index (χ1v) is 15.8. The van der Waals surface area contributed by atoms with Crippen molar-refractivity contribution in [1.29, 1.82) is 5.26 Å². The summed E-state index contributed by atoms with van der Waals surface area (Å²) in [5, 5.41) is 13.8. The van der Waals surface area contributed by atoms with Crippen molar-refractivity contribution in [2.75, 3.05) is 43.4 Å². The first-order chi connectivity index (χ1) is 22.5. The molecule has 4 aromatic rings. The van der Waals surface area contributed by atoms with Crippen molar-refractivity contribution in [3.8, 4) is 23.2 Å². The maximum absolute atomic E-state index is 17.2. The Morgan fingerprint density at radius 3 is 2.84 bits per heavy atom. The standard InChI is InChI=1S/C32H32F3N7OS/c1-16-9-21-27(26(35)24(16)20-5-6-23(34)28-25(20)22(11-36)29(37)44-28)39-31(40-30(21)41-13-18-3-4-19(14-41)38-18)43-15-32-7-2-8-42(32)12-17(33)10-32/h5-6,9,17-19,38H,2-4,7-8,10,12-15,37H2,1H3/t17-,18?,19?,32+/m1/s1/i1D3. The van der Waals surface area contributed by atoms with Crippen molar-refractivity contribution in [2.24, 2.45) is 0 Å². The van der Waals surface area contributed by atoms with Crippen molar-refractivity contribution in [3.63, 3.8) is 0 Å². The lowest BCUT2D eigenvalue weighted by Gasteiger charge is -2.35. The molecule has 2 aromatic carbocycles. The third-order valence-corrected chi connectivity index (χ3v) is 10.9. The molecule has 0 saturated carbocycles. The zero-order valence-electron chi connectivity index (χ0n) is 26.8. The molecule has 0 amide bonds. The predicted octanol–water partition coefficient (Wildman–Crippen LogP) is 5.45. The number of fused-ring (bicyclic) bond motifs is 5. The smallest absolute Gasteiger partial charge is 0.319 e. The van der Waals surface area contributed by atoms with Crippen molar-refractivity contribution >= 4 is 43.1 Å². The van der Waals surface area contributed by atoms with E-state index in [1.165, 1.54) is 12.1 Å². The number of benzene rings is 2. The molecule has 6 heterocycles. The maximum Gasteiger partial charge on any atom is 0.319 e. The minimum absolute atomic E-state index is 0.0272. The number of rotatable bonds is 5. The number of nitriles is 1. The number of halogens is 3. The van der Waals surface area contributed by atoms with Crippen molar-refractivity contribution in [3.05, 3.63) is 41.0 Å². The van der Waals surface area contributed by atoms with Crippen LogP contribution in [0.2, 0.25) is 0 Å². The van der Waals surface area contributed by atoms with Crippen LogP contribution in [0.25, 0.3) is 32.1 Å². The Morgan fingerprint density at radius 2 is 2.07 bits per heavy atom. The molecule has 3 N–H and O–H groups in total. The van der Waals surface area contributed by atoms with Gasteiger partial charge in [-0.05, 0) is 62.3 Å². The van der Waals surface area contributed by atoms with Crippen LogP contribution in [0.1, 0.15) is 47.3 Å². The highest BCUT2D eigenvalue weighted by atomic mass is 32.1. The number of hydrogen-bond acceptors (Lipinski definition) is 9. The molecule has 44 heavy (non-hydrogen) atoms. The van der Waals surface area contributed by atoms with Crippen LogP contribution < -0.4 is 20.7 Å². The van der Waals surface area contributed by atoms with Gasteiger partial charge in [0, 0.05) is 58.6 Å². The molecule has 8 nitrogen and oxygen atoms in total. The quantitative estimate of drug-likeness (QED) is 0.303. The highest BCUT2D eigenvalue weighted by Crippen LogP contribution is 2.45. The number of aromatic nitrogens is 2. The van der Waals surface area contributed by atoms with Crippen molar-refractivity contribution < 1.29 is 22.0 Å². The van der Waals surface area contributed by atoms with E-state index < -0.39 is 30.2 Å². The van der Waals surface area contributed by atoms with E-state index in [-0.39, 0.29) is 72.9 Å². The van der Waals surface area contributed by atoms with Gasteiger partial charge < -0.3 is 20.7 Å². The summed E-state index contributed by atoms with van der Waals surface area (Å²) in [6.45, 7) is -0.397. The summed E-state index contributed by atoms with van der Waals surface area (Å²) in [4.78, 5) is 13.4. The number of nitrogens with zero attached hydrogens (tertiary/aromatic N) is 5. The number of hydrogen-bond donors (Lipinski definition) is 2. The van der Waals surface area contributed by atoms with E-state index in [9.17, 15) is 14.0 Å². The number of thiophene rings is 1. The lowest BCUT2D eigenvalue weighted by atomic mass is 9.93. The van der Waals surface area contributed by atoms with Crippen molar-refractivity contribution in [2.45, 2.75) is 62.8 Å². The van der Waals surface area contributed by atoms with E-state index in [1.807, 2.05) is 11.0 Å². The lowest BCUT2D eigenvalue weighted by molar-refractivity contribution is 0.107. The normalized spacial score (nSPS) is 27.8. The summed E-state index contributed by atoms with van der Waals surface area (Å²) >= 11 is 0.846. The van der Waals surface area contributed by atoms with Crippen LogP contribution in [-0.4, -0.2) is 71.4 Å². The van der Waals surface area contributed by atoms with Crippen LogP contribution in [0.3, 0.4) is 0 Å². The molecule has 0 spiro atoms. The Balaban J connectivity index is 1.34. The lowest BCUT2D eigenvalue weighted by Crippen LogP contribution is -2.51. The first kappa shape index (κ1) is 24.6. The van der Waals surface area contributed by atoms with Crippen molar-refractivity contribution in [1.82, 2.24) is 20.2 Å².